The summed E-state index contributed by atoms with van der Waals surface area (Å²) < 4.78 is 10.3. The Bertz CT molecular complexity index is 935. The van der Waals surface area contributed by atoms with Gasteiger partial charge in [0.15, 0.2) is 0 Å². The number of hydrogen-bond acceptors (Lipinski definition) is 4. The Labute approximate surface area is 170 Å². The van der Waals surface area contributed by atoms with Crippen LogP contribution in [0.2, 0.25) is 5.02 Å². The number of ether oxygens (including phenoxy) is 2. The molecule has 0 amide bonds. The van der Waals surface area contributed by atoms with E-state index in [0.717, 1.165) is 49.3 Å². The number of aromatic nitrogens is 1. The Morgan fingerprint density at radius 2 is 2.18 bits per heavy atom. The van der Waals surface area contributed by atoms with Crippen LogP contribution in [0.5, 0.6) is 0 Å². The van der Waals surface area contributed by atoms with Crippen molar-refractivity contribution < 1.29 is 14.3 Å². The van der Waals surface area contributed by atoms with Crippen molar-refractivity contribution in [3.63, 3.8) is 0 Å². The largest absolute Gasteiger partial charge is 0.490 e. The van der Waals surface area contributed by atoms with Crippen LogP contribution in [0.3, 0.4) is 0 Å². The molecule has 2 aliphatic rings. The summed E-state index contributed by atoms with van der Waals surface area (Å²) in [6, 6.07) is 6.25. The molecule has 0 radical (unpaired) electrons. The normalized spacial score (nSPS) is 25.3. The maximum Gasteiger partial charge on any atom is 0.372 e. The van der Waals surface area contributed by atoms with Gasteiger partial charge >= 0.3 is 5.97 Å². The number of hydrogen-bond donors (Lipinski definition) is 1. The molecule has 0 unspecified atom stereocenters. The lowest BCUT2D eigenvalue weighted by molar-refractivity contribution is -0.139. The zero-order chi connectivity index (χ0) is 19.9. The molecule has 150 valence electrons. The smallest absolute Gasteiger partial charge is 0.372 e. The van der Waals surface area contributed by atoms with Crippen molar-refractivity contribution in [2.45, 2.75) is 38.6 Å². The van der Waals surface area contributed by atoms with E-state index in [1.54, 1.807) is 0 Å². The van der Waals surface area contributed by atoms with E-state index < -0.39 is 5.97 Å². The molecule has 4 rings (SSSR count). The van der Waals surface area contributed by atoms with Gasteiger partial charge in [-0.25, -0.2) is 4.79 Å². The van der Waals surface area contributed by atoms with Crippen molar-refractivity contribution in [2.75, 3.05) is 27.3 Å². The minimum atomic E-state index is -0.424. The molecule has 5 nitrogen and oxygen atoms in total. The van der Waals surface area contributed by atoms with Gasteiger partial charge in [-0.2, -0.15) is 0 Å². The average molecular weight is 403 g/mol. The number of esters is 1. The van der Waals surface area contributed by atoms with Gasteiger partial charge in [-0.05, 0) is 56.0 Å². The van der Waals surface area contributed by atoms with Crippen molar-refractivity contribution >= 4 is 28.5 Å². The van der Waals surface area contributed by atoms with E-state index in [1.165, 1.54) is 30.9 Å². The summed E-state index contributed by atoms with van der Waals surface area (Å²) in [5, 5.41) is 1.99. The molecule has 2 aliphatic heterocycles. The van der Waals surface area contributed by atoms with E-state index in [2.05, 4.69) is 22.9 Å². The van der Waals surface area contributed by atoms with Crippen LogP contribution in [0, 0.1) is 5.41 Å². The van der Waals surface area contributed by atoms with Gasteiger partial charge in [0.05, 0.1) is 20.3 Å². The van der Waals surface area contributed by atoms with E-state index in [1.807, 2.05) is 18.2 Å². The molecule has 2 aromatic rings. The topological polar surface area (TPSA) is 54.6 Å². The highest BCUT2D eigenvalue weighted by atomic mass is 35.5. The van der Waals surface area contributed by atoms with Crippen LogP contribution in [-0.2, 0) is 20.7 Å². The van der Waals surface area contributed by atoms with Gasteiger partial charge in [-0.3, -0.25) is 4.90 Å². The van der Waals surface area contributed by atoms with Gasteiger partial charge in [0.25, 0.3) is 0 Å². The second-order valence-electron chi connectivity index (χ2n) is 7.79. The number of rotatable bonds is 4. The Balaban J connectivity index is 1.88. The molecule has 3 heterocycles. The average Bonchev–Trinajstić information content (AvgIpc) is 3.08. The molecule has 0 bridgehead atoms. The lowest BCUT2D eigenvalue weighted by Crippen LogP contribution is -2.48. The molecule has 1 aromatic carbocycles. The van der Waals surface area contributed by atoms with Gasteiger partial charge in [0.2, 0.25) is 5.76 Å². The zero-order valence-corrected chi connectivity index (χ0v) is 17.4. The second kappa shape index (κ2) is 7.45. The van der Waals surface area contributed by atoms with Crippen molar-refractivity contribution in [3.05, 3.63) is 46.3 Å². The van der Waals surface area contributed by atoms with Gasteiger partial charge < -0.3 is 14.5 Å². The number of nitrogens with zero attached hydrogens (tertiary/aromatic N) is 1. The Kier molecular flexibility index (Phi) is 5.15. The number of H-pyrrole nitrogens is 1. The first kappa shape index (κ1) is 19.3. The van der Waals surface area contributed by atoms with Crippen LogP contribution >= 0.6 is 11.6 Å². The first-order chi connectivity index (χ1) is 13.5. The second-order valence-corrected chi connectivity index (χ2v) is 8.23. The number of methoxy groups -OCH3 is 2. The van der Waals surface area contributed by atoms with Crippen molar-refractivity contribution in [2.24, 2.45) is 5.41 Å². The lowest BCUT2D eigenvalue weighted by Gasteiger charge is -2.50. The van der Waals surface area contributed by atoms with Crippen LogP contribution < -0.4 is 0 Å². The fraction of sp³-hybridized carbons (Fsp3) is 0.500. The number of nitrogens with one attached hydrogen (secondary N) is 1. The van der Waals surface area contributed by atoms with Crippen molar-refractivity contribution in [1.29, 1.82) is 0 Å². The maximum absolute atomic E-state index is 12.2. The molecule has 1 N–H and O–H groups in total. The predicted octanol–water partition coefficient (Wildman–Crippen LogP) is 4.61. The quantitative estimate of drug-likeness (QED) is 0.460. The van der Waals surface area contributed by atoms with E-state index in [9.17, 15) is 4.79 Å². The van der Waals surface area contributed by atoms with E-state index in [4.69, 9.17) is 21.1 Å². The fourth-order valence-corrected chi connectivity index (χ4v) is 5.32. The molecule has 0 spiro atoms. The van der Waals surface area contributed by atoms with Crippen LogP contribution in [0.4, 0.5) is 0 Å². The molecule has 1 aromatic heterocycles. The minimum Gasteiger partial charge on any atom is -0.490 e. The summed E-state index contributed by atoms with van der Waals surface area (Å²) in [6.45, 7) is 4.28. The van der Waals surface area contributed by atoms with Crippen LogP contribution in [0.25, 0.3) is 10.9 Å². The van der Waals surface area contributed by atoms with Crippen LogP contribution in [0.1, 0.15) is 43.5 Å². The van der Waals surface area contributed by atoms with Gasteiger partial charge in [-0.15, -0.1) is 0 Å². The van der Waals surface area contributed by atoms with Crippen molar-refractivity contribution in [3.8, 4) is 0 Å². The van der Waals surface area contributed by atoms with Crippen LogP contribution in [0.15, 0.2) is 30.0 Å². The number of benzene rings is 1. The number of carbonyl (C=O) groups excluding carboxylic acids is 1. The summed E-state index contributed by atoms with van der Waals surface area (Å²) >= 11 is 6.23. The summed E-state index contributed by atoms with van der Waals surface area (Å²) in [5.41, 5.74) is 3.51. The van der Waals surface area contributed by atoms with Gasteiger partial charge in [0, 0.05) is 33.6 Å². The molecular weight excluding hydrogens is 376 g/mol. The molecule has 0 saturated carbocycles. The Morgan fingerprint density at radius 3 is 2.89 bits per heavy atom. The highest BCUT2D eigenvalue weighted by molar-refractivity contribution is 6.31. The number of piperidine rings is 1. The number of fused-ring (bicyclic) bond motifs is 5. The highest BCUT2D eigenvalue weighted by Gasteiger charge is 2.47. The third-order valence-corrected chi connectivity index (χ3v) is 6.74. The Morgan fingerprint density at radius 1 is 1.36 bits per heavy atom. The number of carbonyl (C=O) groups is 1. The predicted molar refractivity (Wildman–Crippen MR) is 110 cm³/mol. The maximum atomic E-state index is 12.2. The summed E-state index contributed by atoms with van der Waals surface area (Å²) in [6.07, 6.45) is 6.05. The van der Waals surface area contributed by atoms with Crippen molar-refractivity contribution in [1.82, 2.24) is 9.88 Å². The first-order valence-electron chi connectivity index (χ1n) is 9.92. The fourth-order valence-electron chi connectivity index (χ4n) is 5.14. The number of aromatic amines is 1. The molecule has 6 heteroatoms. The lowest BCUT2D eigenvalue weighted by atomic mass is 9.67. The van der Waals surface area contributed by atoms with E-state index in [-0.39, 0.29) is 17.2 Å². The molecule has 2 atom stereocenters. The first-order valence-corrected chi connectivity index (χ1v) is 10.3. The molecule has 0 aliphatic carbocycles. The van der Waals surface area contributed by atoms with E-state index in [0.29, 0.717) is 0 Å². The monoisotopic (exact) mass is 402 g/mol. The van der Waals surface area contributed by atoms with E-state index >= 15 is 0 Å². The molecule has 1 saturated heterocycles. The summed E-state index contributed by atoms with van der Waals surface area (Å²) in [4.78, 5) is 18.4. The molecule has 28 heavy (non-hydrogen) atoms. The third kappa shape index (κ3) is 3.01. The molecule has 1 fully saturated rings. The standard InChI is InChI=1S/C22H27ClN2O3/c1-4-22(13-18(27-2)21(26)28-3)9-5-10-25-11-8-16-15-7-6-14(23)12-17(15)24-19(16)20(22)25/h6-7,12-13,20,24H,4-5,8-11H2,1-3H3/b18-13-/t20-,22+/m1/s1. The highest BCUT2D eigenvalue weighted by Crippen LogP contribution is 2.53. The van der Waals surface area contributed by atoms with Gasteiger partial charge in [-0.1, -0.05) is 24.6 Å². The Hall–Kier alpha value is -1.98. The van der Waals surface area contributed by atoms with Gasteiger partial charge in [0.1, 0.15) is 0 Å². The molecular formula is C22H27ClN2O3. The van der Waals surface area contributed by atoms with Crippen LogP contribution in [-0.4, -0.2) is 43.2 Å². The zero-order valence-electron chi connectivity index (χ0n) is 16.7. The minimum absolute atomic E-state index is 0.177. The number of halogens is 1. The SMILES string of the molecule is CC[C@@]1(/C=C(\OC)C(=O)OC)CCCN2CCc3c([nH]c4cc(Cl)ccc34)[C@@H]21. The third-order valence-electron chi connectivity index (χ3n) is 6.50. The summed E-state index contributed by atoms with van der Waals surface area (Å²) in [7, 11) is 2.92. The summed E-state index contributed by atoms with van der Waals surface area (Å²) in [5.74, 6) is -0.135.